The Morgan fingerprint density at radius 1 is 0.957 bits per heavy atom. The number of phenols is 2. The molecule has 0 spiro atoms. The molecule has 7 N–H and O–H groups in total. The molecule has 0 aromatic heterocycles. The Kier molecular flexibility index (Phi) is 5.26. The van der Waals surface area contributed by atoms with E-state index in [0.717, 1.165) is 18.2 Å². The van der Waals surface area contributed by atoms with E-state index >= 15 is 0 Å². The fraction of sp³-hybridized carbons (Fsp3) is 0. The summed E-state index contributed by atoms with van der Waals surface area (Å²) in [4.78, 5) is 22.0. The van der Waals surface area contributed by atoms with Gasteiger partial charge in [-0.05, 0) is 30.3 Å². The minimum absolute atomic E-state index is 0. The van der Waals surface area contributed by atoms with Crippen LogP contribution in [0, 0.1) is 0 Å². The average molecular weight is 341 g/mol. The maximum Gasteiger partial charge on any atom is 0.339 e. The maximum atomic E-state index is 11.0. The number of aromatic hydroxyl groups is 2. The van der Waals surface area contributed by atoms with Gasteiger partial charge < -0.3 is 31.5 Å². The van der Waals surface area contributed by atoms with Crippen molar-refractivity contribution < 1.29 is 30.0 Å². The van der Waals surface area contributed by atoms with E-state index < -0.39 is 23.4 Å². The Balaban J connectivity index is 0.00000264. The number of hydrogen-bond donors (Lipinski definition) is 6. The van der Waals surface area contributed by atoms with Gasteiger partial charge in [0.25, 0.3) is 0 Å². The van der Waals surface area contributed by atoms with Crippen molar-refractivity contribution in [2.24, 2.45) is 0 Å². The lowest BCUT2D eigenvalue weighted by Gasteiger charge is -2.12. The normalized spacial score (nSPS) is 9.74. The molecule has 0 bridgehead atoms. The van der Waals surface area contributed by atoms with Crippen LogP contribution >= 0.6 is 12.4 Å². The van der Waals surface area contributed by atoms with Crippen molar-refractivity contribution in [1.29, 1.82) is 0 Å². The minimum Gasteiger partial charge on any atom is -0.507 e. The SMILES string of the molecule is Cl.Nc1cc(Nc2ccc(O)c(C(=O)O)c2)c(O)c(C(=O)O)c1. The molecule has 0 radical (unpaired) electrons. The molecule has 0 saturated carbocycles. The van der Waals surface area contributed by atoms with Gasteiger partial charge in [0.2, 0.25) is 0 Å². The highest BCUT2D eigenvalue weighted by molar-refractivity contribution is 5.96. The van der Waals surface area contributed by atoms with Gasteiger partial charge in [0.1, 0.15) is 16.9 Å². The van der Waals surface area contributed by atoms with Crippen LogP contribution in [0.2, 0.25) is 0 Å². The molecule has 0 atom stereocenters. The van der Waals surface area contributed by atoms with Crippen LogP contribution in [-0.4, -0.2) is 32.4 Å². The molecule has 0 aliphatic carbocycles. The smallest absolute Gasteiger partial charge is 0.339 e. The van der Waals surface area contributed by atoms with Gasteiger partial charge in [0.15, 0.2) is 5.75 Å². The molecule has 8 nitrogen and oxygen atoms in total. The summed E-state index contributed by atoms with van der Waals surface area (Å²) in [6.07, 6.45) is 0. The predicted molar refractivity (Wildman–Crippen MR) is 85.1 cm³/mol. The number of nitrogens with two attached hydrogens (primary N) is 1. The van der Waals surface area contributed by atoms with E-state index in [1.807, 2.05) is 0 Å². The van der Waals surface area contributed by atoms with Gasteiger partial charge in [-0.3, -0.25) is 0 Å². The lowest BCUT2D eigenvalue weighted by molar-refractivity contribution is 0.0682. The van der Waals surface area contributed by atoms with E-state index in [2.05, 4.69) is 5.32 Å². The van der Waals surface area contributed by atoms with E-state index in [9.17, 15) is 19.8 Å². The molecular formula is C14H13ClN2O6. The third-order valence-electron chi connectivity index (χ3n) is 2.87. The quantitative estimate of drug-likeness (QED) is 0.281. The number of nitrogen functional groups attached to an aromatic ring is 1. The van der Waals surface area contributed by atoms with Crippen molar-refractivity contribution in [3.8, 4) is 11.5 Å². The van der Waals surface area contributed by atoms with Crippen LogP contribution in [0.3, 0.4) is 0 Å². The highest BCUT2D eigenvalue weighted by Gasteiger charge is 2.16. The molecule has 0 unspecified atom stereocenters. The van der Waals surface area contributed by atoms with Crippen molar-refractivity contribution in [1.82, 2.24) is 0 Å². The number of halogens is 1. The van der Waals surface area contributed by atoms with Crippen LogP contribution in [0.25, 0.3) is 0 Å². The lowest BCUT2D eigenvalue weighted by Crippen LogP contribution is -2.03. The number of hydrogen-bond acceptors (Lipinski definition) is 6. The van der Waals surface area contributed by atoms with Gasteiger partial charge in [0, 0.05) is 11.4 Å². The number of anilines is 3. The van der Waals surface area contributed by atoms with E-state index in [4.69, 9.17) is 15.9 Å². The Bertz CT molecular complexity index is 778. The molecule has 2 rings (SSSR count). The second kappa shape index (κ2) is 6.75. The van der Waals surface area contributed by atoms with Crippen molar-refractivity contribution >= 4 is 41.4 Å². The molecule has 0 aliphatic rings. The van der Waals surface area contributed by atoms with Gasteiger partial charge >= 0.3 is 11.9 Å². The number of benzene rings is 2. The number of rotatable bonds is 4. The molecule has 2 aromatic rings. The largest absolute Gasteiger partial charge is 0.507 e. The molecule has 2 aromatic carbocycles. The van der Waals surface area contributed by atoms with Crippen molar-refractivity contribution in [3.63, 3.8) is 0 Å². The predicted octanol–water partition coefficient (Wildman–Crippen LogP) is 2.24. The van der Waals surface area contributed by atoms with Crippen molar-refractivity contribution in [2.45, 2.75) is 0 Å². The second-order valence-corrected chi connectivity index (χ2v) is 4.43. The summed E-state index contributed by atoms with van der Waals surface area (Å²) in [5.41, 5.74) is 5.18. The third kappa shape index (κ3) is 3.74. The van der Waals surface area contributed by atoms with Crippen LogP contribution in [0.4, 0.5) is 17.1 Å². The van der Waals surface area contributed by atoms with Gasteiger partial charge in [-0.2, -0.15) is 0 Å². The molecule has 9 heteroatoms. The molecule has 0 saturated heterocycles. The first-order chi connectivity index (χ1) is 10.3. The zero-order valence-electron chi connectivity index (χ0n) is 11.5. The highest BCUT2D eigenvalue weighted by Crippen LogP contribution is 2.34. The molecular weight excluding hydrogens is 328 g/mol. The monoisotopic (exact) mass is 340 g/mol. The lowest BCUT2D eigenvalue weighted by atomic mass is 10.1. The van der Waals surface area contributed by atoms with Crippen LogP contribution < -0.4 is 11.1 Å². The summed E-state index contributed by atoms with van der Waals surface area (Å²) in [7, 11) is 0. The fourth-order valence-electron chi connectivity index (χ4n) is 1.86. The van der Waals surface area contributed by atoms with E-state index in [0.29, 0.717) is 0 Å². The summed E-state index contributed by atoms with van der Waals surface area (Å²) >= 11 is 0. The Hall–Kier alpha value is -3.13. The highest BCUT2D eigenvalue weighted by atomic mass is 35.5. The summed E-state index contributed by atoms with van der Waals surface area (Å²) in [5.74, 6) is -3.64. The second-order valence-electron chi connectivity index (χ2n) is 4.43. The Labute approximate surface area is 136 Å². The number of aromatic carboxylic acids is 2. The number of carboxylic acid groups (broad SMARTS) is 2. The van der Waals surface area contributed by atoms with Gasteiger partial charge in [0.05, 0.1) is 5.69 Å². The number of carboxylic acids is 2. The molecule has 0 fully saturated rings. The van der Waals surface area contributed by atoms with E-state index in [-0.39, 0.29) is 40.6 Å². The number of nitrogens with one attached hydrogen (secondary N) is 1. The zero-order chi connectivity index (χ0) is 16.4. The molecule has 0 aliphatic heterocycles. The van der Waals surface area contributed by atoms with Crippen LogP contribution in [-0.2, 0) is 0 Å². The first kappa shape index (κ1) is 17.9. The van der Waals surface area contributed by atoms with Gasteiger partial charge in [-0.15, -0.1) is 12.4 Å². The topological polar surface area (TPSA) is 153 Å². The Morgan fingerprint density at radius 3 is 2.13 bits per heavy atom. The zero-order valence-corrected chi connectivity index (χ0v) is 12.3. The van der Waals surface area contributed by atoms with Crippen LogP contribution in [0.5, 0.6) is 11.5 Å². The molecule has 122 valence electrons. The van der Waals surface area contributed by atoms with Crippen LogP contribution in [0.15, 0.2) is 30.3 Å². The first-order valence-electron chi connectivity index (χ1n) is 5.98. The summed E-state index contributed by atoms with van der Waals surface area (Å²) in [6, 6.07) is 6.07. The molecule has 0 amide bonds. The number of carbonyl (C=O) groups is 2. The summed E-state index contributed by atoms with van der Waals surface area (Å²) in [5, 5.41) is 39.9. The minimum atomic E-state index is -1.36. The molecule has 0 heterocycles. The standard InChI is InChI=1S/C14H12N2O6.ClH/c15-6-3-9(14(21)22)12(18)10(4-6)16-7-1-2-11(17)8(5-7)13(19)20;/h1-5,16-18H,15H2,(H,19,20)(H,21,22);1H. The third-order valence-corrected chi connectivity index (χ3v) is 2.87. The van der Waals surface area contributed by atoms with E-state index in [1.54, 1.807) is 0 Å². The summed E-state index contributed by atoms with van der Waals surface area (Å²) < 4.78 is 0. The first-order valence-corrected chi connectivity index (χ1v) is 5.98. The maximum absolute atomic E-state index is 11.0. The summed E-state index contributed by atoms with van der Waals surface area (Å²) in [6.45, 7) is 0. The van der Waals surface area contributed by atoms with Crippen molar-refractivity contribution in [3.05, 3.63) is 41.5 Å². The molecule has 23 heavy (non-hydrogen) atoms. The van der Waals surface area contributed by atoms with E-state index in [1.165, 1.54) is 12.1 Å². The van der Waals surface area contributed by atoms with Gasteiger partial charge in [-0.25, -0.2) is 9.59 Å². The van der Waals surface area contributed by atoms with Crippen LogP contribution in [0.1, 0.15) is 20.7 Å². The Morgan fingerprint density at radius 2 is 1.57 bits per heavy atom. The van der Waals surface area contributed by atoms with Crippen molar-refractivity contribution in [2.75, 3.05) is 11.1 Å². The van der Waals surface area contributed by atoms with Gasteiger partial charge in [-0.1, -0.05) is 0 Å². The fourth-order valence-corrected chi connectivity index (χ4v) is 1.86. The average Bonchev–Trinajstić information content (AvgIpc) is 2.43.